The van der Waals surface area contributed by atoms with E-state index in [1.54, 1.807) is 13.8 Å². The zero-order valence-corrected chi connectivity index (χ0v) is 16.4. The Bertz CT molecular complexity index is 590. The van der Waals surface area contributed by atoms with E-state index in [9.17, 15) is 14.7 Å². The quantitative estimate of drug-likeness (QED) is 0.253. The molecule has 6 N–H and O–H groups in total. The predicted molar refractivity (Wildman–Crippen MR) is 106 cm³/mol. The third-order valence-electron chi connectivity index (χ3n) is 4.31. The van der Waals surface area contributed by atoms with Crippen LogP contribution in [0.3, 0.4) is 0 Å². The number of nitrogens with two attached hydrogens (primary N) is 1. The van der Waals surface area contributed by atoms with E-state index in [-0.39, 0.29) is 25.2 Å². The molecule has 0 spiro atoms. The van der Waals surface area contributed by atoms with Gasteiger partial charge in [0.05, 0.1) is 18.6 Å². The minimum absolute atomic E-state index is 0.0455. The van der Waals surface area contributed by atoms with Crippen LogP contribution in [0.5, 0.6) is 0 Å². The first kappa shape index (κ1) is 22.9. The second kappa shape index (κ2) is 11.5. The highest BCUT2D eigenvalue weighted by Crippen LogP contribution is 2.24. The molecular weight excluding hydrogens is 348 g/mol. The van der Waals surface area contributed by atoms with E-state index >= 15 is 0 Å². The van der Waals surface area contributed by atoms with E-state index in [1.807, 2.05) is 31.3 Å². The number of nitrogens with one attached hydrogen (secondary N) is 3. The van der Waals surface area contributed by atoms with Crippen LogP contribution in [0, 0.1) is 5.41 Å². The summed E-state index contributed by atoms with van der Waals surface area (Å²) in [6.07, 6.45) is 1.31. The van der Waals surface area contributed by atoms with Gasteiger partial charge in [0.15, 0.2) is 0 Å². The molecule has 1 atom stereocenters. The summed E-state index contributed by atoms with van der Waals surface area (Å²) in [4.78, 5) is 22.3. The molecule has 152 valence electrons. The number of hydrogen-bond acceptors (Lipinski definition) is 6. The molecule has 0 radical (unpaired) electrons. The SMILES string of the molecule is CNC(Cc1ccc(NCCOCNC(=O)CN)cc1)CC(C)(C)C(=O)O. The summed E-state index contributed by atoms with van der Waals surface area (Å²) in [5.74, 6) is -1.03. The Kier molecular flexibility index (Phi) is 9.77. The Morgan fingerprint density at radius 1 is 1.26 bits per heavy atom. The Balaban J connectivity index is 2.38. The molecule has 1 aromatic rings. The molecule has 1 rings (SSSR count). The van der Waals surface area contributed by atoms with Crippen molar-refractivity contribution in [3.63, 3.8) is 0 Å². The lowest BCUT2D eigenvalue weighted by Crippen LogP contribution is -2.36. The van der Waals surface area contributed by atoms with Gasteiger partial charge in [-0.05, 0) is 51.4 Å². The number of hydrogen-bond donors (Lipinski definition) is 5. The van der Waals surface area contributed by atoms with Crippen molar-refractivity contribution in [1.29, 1.82) is 0 Å². The van der Waals surface area contributed by atoms with Gasteiger partial charge in [-0.1, -0.05) is 12.1 Å². The van der Waals surface area contributed by atoms with Crippen molar-refractivity contribution in [1.82, 2.24) is 10.6 Å². The number of anilines is 1. The Morgan fingerprint density at radius 2 is 1.93 bits per heavy atom. The van der Waals surface area contributed by atoms with Gasteiger partial charge in [0.1, 0.15) is 6.73 Å². The van der Waals surface area contributed by atoms with Gasteiger partial charge in [-0.15, -0.1) is 0 Å². The average molecular weight is 380 g/mol. The van der Waals surface area contributed by atoms with Crippen LogP contribution in [-0.2, 0) is 20.7 Å². The third kappa shape index (κ3) is 8.85. The molecule has 1 unspecified atom stereocenters. The fraction of sp³-hybridized carbons (Fsp3) is 0.579. The van der Waals surface area contributed by atoms with Crippen molar-refractivity contribution < 1.29 is 19.4 Å². The zero-order chi connectivity index (χ0) is 20.3. The number of rotatable bonds is 13. The largest absolute Gasteiger partial charge is 0.481 e. The normalized spacial score (nSPS) is 12.4. The molecule has 0 aliphatic heterocycles. The maximum Gasteiger partial charge on any atom is 0.309 e. The van der Waals surface area contributed by atoms with E-state index in [4.69, 9.17) is 10.5 Å². The van der Waals surface area contributed by atoms with Crippen LogP contribution in [0.1, 0.15) is 25.8 Å². The number of benzene rings is 1. The molecule has 8 heteroatoms. The number of ether oxygens (including phenoxy) is 1. The van der Waals surface area contributed by atoms with Crippen LogP contribution >= 0.6 is 0 Å². The molecule has 1 aromatic carbocycles. The molecule has 1 amide bonds. The van der Waals surface area contributed by atoms with Crippen molar-refractivity contribution in [2.24, 2.45) is 11.1 Å². The van der Waals surface area contributed by atoms with Crippen molar-refractivity contribution in [3.05, 3.63) is 29.8 Å². The minimum atomic E-state index is -0.785. The van der Waals surface area contributed by atoms with E-state index in [0.29, 0.717) is 19.6 Å². The van der Waals surface area contributed by atoms with Crippen molar-refractivity contribution >= 4 is 17.6 Å². The summed E-state index contributed by atoms with van der Waals surface area (Å²) < 4.78 is 5.28. The molecule has 0 heterocycles. The lowest BCUT2D eigenvalue weighted by molar-refractivity contribution is -0.147. The van der Waals surface area contributed by atoms with Crippen LogP contribution in [0.15, 0.2) is 24.3 Å². The van der Waals surface area contributed by atoms with Gasteiger partial charge in [-0.2, -0.15) is 0 Å². The van der Waals surface area contributed by atoms with Crippen LogP contribution in [0.25, 0.3) is 0 Å². The van der Waals surface area contributed by atoms with Gasteiger partial charge in [-0.25, -0.2) is 0 Å². The van der Waals surface area contributed by atoms with E-state index in [1.165, 1.54) is 0 Å². The third-order valence-corrected chi connectivity index (χ3v) is 4.31. The Hall–Kier alpha value is -2.16. The standard InChI is InChI=1S/C19H32N4O4/c1-19(2,18(25)26)11-16(21-3)10-14-4-6-15(7-5-14)22-8-9-27-13-23-17(24)12-20/h4-7,16,21-22H,8-13,20H2,1-3H3,(H,23,24)(H,25,26). The first-order valence-corrected chi connectivity index (χ1v) is 9.06. The lowest BCUT2D eigenvalue weighted by Gasteiger charge is -2.26. The number of carboxylic acid groups (broad SMARTS) is 1. The Labute approximate surface area is 160 Å². The highest BCUT2D eigenvalue weighted by Gasteiger charge is 2.30. The van der Waals surface area contributed by atoms with E-state index < -0.39 is 11.4 Å². The van der Waals surface area contributed by atoms with Crippen LogP contribution < -0.4 is 21.7 Å². The number of carbonyl (C=O) groups excluding carboxylic acids is 1. The fourth-order valence-electron chi connectivity index (χ4n) is 2.57. The second-order valence-electron chi connectivity index (χ2n) is 7.06. The van der Waals surface area contributed by atoms with Gasteiger partial charge in [-0.3, -0.25) is 9.59 Å². The van der Waals surface area contributed by atoms with E-state index in [2.05, 4.69) is 16.0 Å². The van der Waals surface area contributed by atoms with Crippen molar-refractivity contribution in [2.45, 2.75) is 32.7 Å². The topological polar surface area (TPSA) is 126 Å². The first-order valence-electron chi connectivity index (χ1n) is 9.06. The van der Waals surface area contributed by atoms with Gasteiger partial charge in [0.25, 0.3) is 0 Å². The van der Waals surface area contributed by atoms with Gasteiger partial charge >= 0.3 is 5.97 Å². The summed E-state index contributed by atoms with van der Waals surface area (Å²) in [7, 11) is 1.86. The van der Waals surface area contributed by atoms with E-state index in [0.717, 1.165) is 17.7 Å². The number of likely N-dealkylation sites (N-methyl/N-ethyl adjacent to an activating group) is 1. The van der Waals surface area contributed by atoms with Crippen molar-refractivity contribution in [2.75, 3.05) is 38.8 Å². The molecular formula is C19H32N4O4. The van der Waals surface area contributed by atoms with Crippen molar-refractivity contribution in [3.8, 4) is 0 Å². The molecule has 0 fully saturated rings. The van der Waals surface area contributed by atoms with Gasteiger partial charge < -0.3 is 31.5 Å². The highest BCUT2D eigenvalue weighted by atomic mass is 16.5. The first-order chi connectivity index (χ1) is 12.8. The molecule has 27 heavy (non-hydrogen) atoms. The second-order valence-corrected chi connectivity index (χ2v) is 7.06. The molecule has 0 saturated heterocycles. The molecule has 0 bridgehead atoms. The number of carbonyl (C=O) groups is 2. The fourth-order valence-corrected chi connectivity index (χ4v) is 2.57. The predicted octanol–water partition coefficient (Wildman–Crippen LogP) is 0.779. The summed E-state index contributed by atoms with van der Waals surface area (Å²) in [5.41, 5.74) is 6.52. The van der Waals surface area contributed by atoms with Gasteiger partial charge in [0, 0.05) is 18.3 Å². The highest BCUT2D eigenvalue weighted by molar-refractivity contribution is 5.77. The molecule has 8 nitrogen and oxygen atoms in total. The zero-order valence-electron chi connectivity index (χ0n) is 16.4. The lowest BCUT2D eigenvalue weighted by atomic mass is 9.84. The minimum Gasteiger partial charge on any atom is -0.481 e. The molecule has 0 aliphatic rings. The number of aliphatic carboxylic acids is 1. The van der Waals surface area contributed by atoms with Crippen LogP contribution in [-0.4, -0.2) is 56.5 Å². The van der Waals surface area contributed by atoms with Crippen LogP contribution in [0.4, 0.5) is 5.69 Å². The number of carboxylic acids is 1. The summed E-state index contributed by atoms with van der Waals surface area (Å²) >= 11 is 0. The average Bonchev–Trinajstić information content (AvgIpc) is 2.64. The summed E-state index contributed by atoms with van der Waals surface area (Å²) in [6.45, 7) is 4.67. The number of amides is 1. The Morgan fingerprint density at radius 3 is 2.48 bits per heavy atom. The summed E-state index contributed by atoms with van der Waals surface area (Å²) in [6, 6.07) is 8.12. The smallest absolute Gasteiger partial charge is 0.309 e. The molecule has 0 aromatic heterocycles. The maximum absolute atomic E-state index is 11.3. The van der Waals surface area contributed by atoms with Crippen LogP contribution in [0.2, 0.25) is 0 Å². The molecule has 0 saturated carbocycles. The monoisotopic (exact) mass is 380 g/mol. The maximum atomic E-state index is 11.3. The molecule has 0 aliphatic carbocycles. The summed E-state index contributed by atoms with van der Waals surface area (Å²) in [5, 5.41) is 18.3. The van der Waals surface area contributed by atoms with Gasteiger partial charge in [0.2, 0.25) is 5.91 Å².